The summed E-state index contributed by atoms with van der Waals surface area (Å²) in [6.45, 7) is 5.36. The maximum absolute atomic E-state index is 8.39. The number of fused-ring (bicyclic) bond motifs is 1. The minimum absolute atomic E-state index is 0. The Morgan fingerprint density at radius 1 is 0.780 bits per heavy atom. The number of aromatic nitrogens is 3. The summed E-state index contributed by atoms with van der Waals surface area (Å²) in [7, 11) is 2.02. The van der Waals surface area contributed by atoms with Crippen molar-refractivity contribution in [3.05, 3.63) is 156 Å². The normalized spacial score (nSPS) is 14.3. The number of hydrogen-bond acceptors (Lipinski definition) is 2. The van der Waals surface area contributed by atoms with E-state index in [0.717, 1.165) is 50.1 Å². The summed E-state index contributed by atoms with van der Waals surface area (Å²) in [4.78, 5) is 8.72. The van der Waals surface area contributed by atoms with Crippen molar-refractivity contribution in [1.29, 1.82) is 0 Å². The molecule has 0 bridgehead atoms. The van der Waals surface area contributed by atoms with Gasteiger partial charge in [-0.25, -0.2) is 0 Å². The summed E-state index contributed by atoms with van der Waals surface area (Å²) in [6.07, 6.45) is 1.75. The number of rotatable bonds is 5. The van der Waals surface area contributed by atoms with Crippen LogP contribution in [0.15, 0.2) is 116 Å². The van der Waals surface area contributed by atoms with Gasteiger partial charge >= 0.3 is 0 Å². The minimum atomic E-state index is -2.31. The molecule has 0 aliphatic rings. The molecule has 50 heavy (non-hydrogen) atoms. The van der Waals surface area contributed by atoms with E-state index in [2.05, 4.69) is 40.5 Å². The zero-order valence-electron chi connectivity index (χ0n) is 37.1. The van der Waals surface area contributed by atoms with Crippen LogP contribution in [0.3, 0.4) is 0 Å². The number of benzene rings is 4. The average Bonchev–Trinajstić information content (AvgIpc) is 3.40. The molecule has 3 aromatic heterocycles. The van der Waals surface area contributed by atoms with Crippen LogP contribution in [0.4, 0.5) is 0 Å². The van der Waals surface area contributed by atoms with E-state index in [4.69, 9.17) is 11.0 Å². The van der Waals surface area contributed by atoms with E-state index in [0.29, 0.717) is 22.4 Å². The van der Waals surface area contributed by atoms with E-state index in [9.17, 15) is 0 Å². The van der Waals surface area contributed by atoms with Gasteiger partial charge in [0.1, 0.15) is 0 Å². The molecular weight excluding hydrogens is 787 g/mol. The molecule has 0 aliphatic heterocycles. The maximum atomic E-state index is 8.39. The van der Waals surface area contributed by atoms with Gasteiger partial charge in [-0.05, 0) is 95.5 Å². The number of pyridine rings is 2. The summed E-state index contributed by atoms with van der Waals surface area (Å²) in [6, 6.07) is 38.1. The van der Waals surface area contributed by atoms with Gasteiger partial charge in [0.25, 0.3) is 0 Å². The summed E-state index contributed by atoms with van der Waals surface area (Å²) in [5, 5.41) is 1.08. The molecule has 0 atom stereocenters. The summed E-state index contributed by atoms with van der Waals surface area (Å²) in [5.41, 5.74) is 10.5. The fourth-order valence-corrected chi connectivity index (χ4v) is 5.84. The van der Waals surface area contributed by atoms with Crippen LogP contribution >= 0.6 is 0 Å². The van der Waals surface area contributed by atoms with E-state index in [-0.39, 0.29) is 31.2 Å². The molecule has 0 aliphatic carbocycles. The van der Waals surface area contributed by atoms with Crippen LogP contribution in [0.1, 0.15) is 59.7 Å². The molecule has 0 N–H and O–H groups in total. The fourth-order valence-electron chi connectivity index (χ4n) is 5.84. The van der Waals surface area contributed by atoms with E-state index in [1.165, 1.54) is 18.3 Å². The van der Waals surface area contributed by atoms with Gasteiger partial charge in [0, 0.05) is 67.1 Å². The summed E-state index contributed by atoms with van der Waals surface area (Å²) >= 11 is 0. The quantitative estimate of drug-likeness (QED) is 0.162. The minimum Gasteiger partial charge on any atom is -0.348 e. The Hall–Kier alpha value is -4.63. The van der Waals surface area contributed by atoms with Gasteiger partial charge in [-0.15, -0.1) is 65.2 Å². The van der Waals surface area contributed by atoms with Gasteiger partial charge in [-0.1, -0.05) is 81.7 Å². The molecule has 255 valence electrons. The van der Waals surface area contributed by atoms with Gasteiger partial charge in [-0.3, -0.25) is 0 Å². The van der Waals surface area contributed by atoms with Crippen LogP contribution in [-0.2, 0) is 33.5 Å². The molecule has 0 saturated heterocycles. The summed E-state index contributed by atoms with van der Waals surface area (Å²) < 4.78 is 65.5. The largest absolute Gasteiger partial charge is 0.348 e. The molecule has 4 heteroatoms. The van der Waals surface area contributed by atoms with E-state index in [1.807, 2.05) is 107 Å². The first-order valence-electron chi connectivity index (χ1n) is 20.3. The van der Waals surface area contributed by atoms with Gasteiger partial charge in [0.15, 0.2) is 0 Å². The van der Waals surface area contributed by atoms with E-state index < -0.39 is 25.5 Å². The van der Waals surface area contributed by atoms with Crippen LogP contribution in [0.5, 0.6) is 0 Å². The SMILES string of the molecule is [2H]C([2H])([2H])c1ccc(-c2[c-]cc(C([2H])([2H])[2H])c(-c3ccc4c(c3)c(C)c(C)n4C)c2)nc1.[2H]C([2H])(c1ccc(-c2ccnc(-c3[c-]cccc3)c2)cc1)C(C)(C)C.[Ir]. The molecule has 0 fully saturated rings. The Morgan fingerprint density at radius 3 is 2.26 bits per heavy atom. The zero-order valence-corrected chi connectivity index (χ0v) is 31.5. The molecule has 0 unspecified atom stereocenters. The second-order valence-corrected chi connectivity index (χ2v) is 13.3. The molecular formula is C46H45IrN3-2. The number of aryl methyl sites for hydroxylation is 4. The third kappa shape index (κ3) is 8.38. The second-order valence-electron chi connectivity index (χ2n) is 13.3. The Balaban J connectivity index is 0.000000224. The first kappa shape index (κ1) is 27.1. The Labute approximate surface area is 323 Å². The van der Waals surface area contributed by atoms with Crippen LogP contribution in [0, 0.1) is 45.1 Å². The van der Waals surface area contributed by atoms with E-state index >= 15 is 0 Å². The third-order valence-corrected chi connectivity index (χ3v) is 8.59. The molecule has 7 aromatic rings. The molecule has 7 rings (SSSR count). The molecule has 3 heterocycles. The van der Waals surface area contributed by atoms with Gasteiger partial charge in [-0.2, -0.15) is 0 Å². The fraction of sp³-hybridized carbons (Fsp3) is 0.217. The third-order valence-electron chi connectivity index (χ3n) is 8.59. The van der Waals surface area contributed by atoms with Crippen molar-refractivity contribution in [3.63, 3.8) is 0 Å². The molecule has 0 amide bonds. The molecule has 0 saturated carbocycles. The Bertz CT molecular complexity index is 2520. The van der Waals surface area contributed by atoms with Crippen molar-refractivity contribution in [1.82, 2.24) is 14.5 Å². The maximum Gasteiger partial charge on any atom is 0.0482 e. The zero-order chi connectivity index (χ0) is 41.5. The molecule has 1 radical (unpaired) electrons. The van der Waals surface area contributed by atoms with Crippen molar-refractivity contribution in [2.75, 3.05) is 0 Å². The topological polar surface area (TPSA) is 30.7 Å². The van der Waals surface area contributed by atoms with Crippen molar-refractivity contribution < 1.29 is 31.1 Å². The molecule has 0 spiro atoms. The smallest absolute Gasteiger partial charge is 0.0482 e. The Kier molecular flexibility index (Phi) is 8.41. The first-order valence-corrected chi connectivity index (χ1v) is 16.3. The van der Waals surface area contributed by atoms with Crippen LogP contribution in [-0.4, -0.2) is 14.5 Å². The molecule has 3 nitrogen and oxygen atoms in total. The second kappa shape index (κ2) is 15.5. The Morgan fingerprint density at radius 2 is 1.58 bits per heavy atom. The van der Waals surface area contributed by atoms with Crippen LogP contribution in [0.2, 0.25) is 0 Å². The van der Waals surface area contributed by atoms with Crippen molar-refractivity contribution in [3.8, 4) is 44.8 Å². The van der Waals surface area contributed by atoms with Gasteiger partial charge in [0.05, 0.1) is 0 Å². The standard InChI is InChI=1S/C24H23N2.C22H22N.Ir/c1-15-6-10-23(25-14-15)20-8-7-16(2)21(13-20)19-9-11-24-22(12-19)17(3)18(4)26(24)5;1-22(2,3)16-17-9-11-18(12-10-17)20-13-14-23-21(15-20)19-7-5-4-6-8-19;/h6-7,9-14H,1-5H3;4-7,9-15H,16H2,1-3H3;/q2*-1;/i1D3,2D3;16D2;. The average molecular weight is 840 g/mol. The van der Waals surface area contributed by atoms with Crippen LogP contribution in [0.25, 0.3) is 55.7 Å². The predicted molar refractivity (Wildman–Crippen MR) is 206 cm³/mol. The number of nitrogens with zero attached hydrogens (tertiary/aromatic N) is 3. The van der Waals surface area contributed by atoms with Crippen molar-refractivity contribution >= 4 is 10.9 Å². The van der Waals surface area contributed by atoms with E-state index in [1.54, 1.807) is 18.3 Å². The summed E-state index contributed by atoms with van der Waals surface area (Å²) in [5.74, 6) is 0. The van der Waals surface area contributed by atoms with Gasteiger partial charge < -0.3 is 14.5 Å². The van der Waals surface area contributed by atoms with Crippen LogP contribution < -0.4 is 0 Å². The van der Waals surface area contributed by atoms with Crippen molar-refractivity contribution in [2.24, 2.45) is 12.5 Å². The first-order chi connectivity index (χ1) is 26.7. The monoisotopic (exact) mass is 840 g/mol. The van der Waals surface area contributed by atoms with Crippen molar-refractivity contribution in [2.45, 2.75) is 54.7 Å². The predicted octanol–water partition coefficient (Wildman–Crippen LogP) is 11.7. The molecule has 4 aromatic carbocycles. The number of hydrogen-bond donors (Lipinski definition) is 0. The van der Waals surface area contributed by atoms with Gasteiger partial charge in [0.2, 0.25) is 0 Å².